The van der Waals surface area contributed by atoms with Crippen LogP contribution in [0.2, 0.25) is 0 Å². The van der Waals surface area contributed by atoms with Crippen molar-refractivity contribution < 1.29 is 19.1 Å². The van der Waals surface area contributed by atoms with E-state index >= 15 is 0 Å². The molecular formula is C18H21N5O4. The zero-order valence-corrected chi connectivity index (χ0v) is 15.2. The van der Waals surface area contributed by atoms with Crippen LogP contribution in [0.1, 0.15) is 33.6 Å². The van der Waals surface area contributed by atoms with E-state index < -0.39 is 11.9 Å². The number of carbonyl (C=O) groups excluding carboxylic acids is 2. The lowest BCUT2D eigenvalue weighted by atomic mass is 10.1. The Hall–Kier alpha value is -3.36. The van der Waals surface area contributed by atoms with Crippen molar-refractivity contribution in [2.45, 2.75) is 12.8 Å². The average molecular weight is 371 g/mol. The van der Waals surface area contributed by atoms with Crippen LogP contribution in [0.5, 0.6) is 0 Å². The highest BCUT2D eigenvalue weighted by Crippen LogP contribution is 2.31. The molecule has 0 aliphatic carbocycles. The fourth-order valence-corrected chi connectivity index (χ4v) is 2.97. The maximum absolute atomic E-state index is 11.9. The summed E-state index contributed by atoms with van der Waals surface area (Å²) in [6.07, 6.45) is 3.61. The van der Waals surface area contributed by atoms with Crippen molar-refractivity contribution in [3.05, 3.63) is 35.7 Å². The molecule has 1 aliphatic heterocycles. The number of carbonyl (C=O) groups is 2. The first-order chi connectivity index (χ1) is 13.0. The lowest BCUT2D eigenvalue weighted by Crippen LogP contribution is -2.21. The molecule has 0 bridgehead atoms. The lowest BCUT2D eigenvalue weighted by molar-refractivity contribution is 0.0599. The number of hydrogen-bond donors (Lipinski definition) is 2. The molecule has 1 fully saturated rings. The van der Waals surface area contributed by atoms with Gasteiger partial charge in [0.25, 0.3) is 0 Å². The number of esters is 2. The maximum atomic E-state index is 11.9. The van der Waals surface area contributed by atoms with Crippen molar-refractivity contribution in [2.75, 3.05) is 43.3 Å². The van der Waals surface area contributed by atoms with Crippen LogP contribution < -0.4 is 16.0 Å². The Labute approximate surface area is 156 Å². The van der Waals surface area contributed by atoms with Crippen LogP contribution in [0.15, 0.2) is 24.5 Å². The summed E-state index contributed by atoms with van der Waals surface area (Å²) in [5, 5.41) is 3.06. The summed E-state index contributed by atoms with van der Waals surface area (Å²) in [5.74, 6) is -0.0820. The monoisotopic (exact) mass is 371 g/mol. The van der Waals surface area contributed by atoms with Crippen LogP contribution in [-0.2, 0) is 9.47 Å². The zero-order valence-electron chi connectivity index (χ0n) is 15.2. The van der Waals surface area contributed by atoms with E-state index in [2.05, 4.69) is 20.2 Å². The number of nitrogens with zero attached hydrogens (tertiary/aromatic N) is 3. The number of benzene rings is 1. The maximum Gasteiger partial charge on any atom is 0.337 e. The van der Waals surface area contributed by atoms with Gasteiger partial charge in [0.05, 0.1) is 25.3 Å². The number of hydrogen-bond acceptors (Lipinski definition) is 9. The van der Waals surface area contributed by atoms with Gasteiger partial charge in [0.2, 0.25) is 0 Å². The molecule has 0 radical (unpaired) electrons. The van der Waals surface area contributed by atoms with Gasteiger partial charge in [0.15, 0.2) is 11.6 Å². The number of aromatic nitrogens is 2. The van der Waals surface area contributed by atoms with Gasteiger partial charge in [-0.2, -0.15) is 0 Å². The fourth-order valence-electron chi connectivity index (χ4n) is 2.97. The predicted octanol–water partition coefficient (Wildman–Crippen LogP) is 1.98. The van der Waals surface area contributed by atoms with Crippen LogP contribution in [0, 0.1) is 0 Å². The Morgan fingerprint density at radius 1 is 1.04 bits per heavy atom. The molecule has 1 aliphatic rings. The molecule has 0 unspecified atom stereocenters. The zero-order chi connectivity index (χ0) is 19.4. The molecular weight excluding hydrogens is 350 g/mol. The van der Waals surface area contributed by atoms with Crippen molar-refractivity contribution in [3.8, 4) is 0 Å². The highest BCUT2D eigenvalue weighted by molar-refractivity contribution is 5.97. The minimum absolute atomic E-state index is 0.204. The minimum atomic E-state index is -0.572. The quantitative estimate of drug-likeness (QED) is 0.760. The van der Waals surface area contributed by atoms with Gasteiger partial charge >= 0.3 is 11.9 Å². The third-order valence-electron chi connectivity index (χ3n) is 4.31. The van der Waals surface area contributed by atoms with E-state index in [1.54, 1.807) is 12.1 Å². The highest BCUT2D eigenvalue weighted by atomic mass is 16.5. The Balaban J connectivity index is 1.96. The Morgan fingerprint density at radius 3 is 2.19 bits per heavy atom. The highest BCUT2D eigenvalue weighted by Gasteiger charge is 2.19. The number of rotatable bonds is 5. The normalized spacial score (nSPS) is 13.3. The standard InChI is InChI=1S/C18H21N5O4/c1-26-17(24)11-7-12(18(25)27-2)9-13(8-11)22-15-14(19)16(21-10-20-15)23-5-3-4-6-23/h7-10H,3-6,19H2,1-2H3,(H,20,21,22). The van der Waals surface area contributed by atoms with Gasteiger partial charge in [-0.25, -0.2) is 19.6 Å². The number of methoxy groups -OCH3 is 2. The minimum Gasteiger partial charge on any atom is -0.465 e. The van der Waals surface area contributed by atoms with Crippen molar-refractivity contribution in [1.82, 2.24) is 9.97 Å². The summed E-state index contributed by atoms with van der Waals surface area (Å²) in [7, 11) is 2.54. The van der Waals surface area contributed by atoms with E-state index in [0.29, 0.717) is 23.0 Å². The van der Waals surface area contributed by atoms with Crippen LogP contribution in [0.25, 0.3) is 0 Å². The van der Waals surface area contributed by atoms with Crippen LogP contribution in [0.3, 0.4) is 0 Å². The Bertz CT molecular complexity index is 831. The largest absolute Gasteiger partial charge is 0.465 e. The summed E-state index contributed by atoms with van der Waals surface area (Å²) in [6.45, 7) is 1.79. The molecule has 2 heterocycles. The summed E-state index contributed by atoms with van der Waals surface area (Å²) < 4.78 is 9.49. The number of ether oxygens (including phenoxy) is 2. The van der Waals surface area contributed by atoms with Gasteiger partial charge < -0.3 is 25.4 Å². The second kappa shape index (κ2) is 7.90. The number of nitrogens with two attached hydrogens (primary N) is 1. The average Bonchev–Trinajstić information content (AvgIpc) is 3.22. The number of nitrogens with one attached hydrogen (secondary N) is 1. The summed E-state index contributed by atoms with van der Waals surface area (Å²) in [5.41, 5.74) is 7.51. The van der Waals surface area contributed by atoms with E-state index in [-0.39, 0.29) is 11.1 Å². The number of anilines is 4. The van der Waals surface area contributed by atoms with Gasteiger partial charge in [-0.15, -0.1) is 0 Å². The van der Waals surface area contributed by atoms with Crippen molar-refractivity contribution in [2.24, 2.45) is 0 Å². The molecule has 2 aromatic rings. The first-order valence-corrected chi connectivity index (χ1v) is 8.47. The molecule has 0 spiro atoms. The van der Waals surface area contributed by atoms with Crippen molar-refractivity contribution in [3.63, 3.8) is 0 Å². The molecule has 1 aromatic heterocycles. The molecule has 3 rings (SSSR count). The first kappa shape index (κ1) is 18.4. The third-order valence-corrected chi connectivity index (χ3v) is 4.31. The van der Waals surface area contributed by atoms with E-state index in [1.165, 1.54) is 26.6 Å². The molecule has 1 saturated heterocycles. The molecule has 9 nitrogen and oxygen atoms in total. The van der Waals surface area contributed by atoms with E-state index in [4.69, 9.17) is 15.2 Å². The van der Waals surface area contributed by atoms with Gasteiger partial charge in [0.1, 0.15) is 12.0 Å². The predicted molar refractivity (Wildman–Crippen MR) is 100 cm³/mol. The van der Waals surface area contributed by atoms with Gasteiger partial charge in [0, 0.05) is 18.8 Å². The topological polar surface area (TPSA) is 120 Å². The number of nitrogen functional groups attached to an aromatic ring is 1. The molecule has 3 N–H and O–H groups in total. The fraction of sp³-hybridized carbons (Fsp3) is 0.333. The lowest BCUT2D eigenvalue weighted by Gasteiger charge is -2.19. The molecule has 0 atom stereocenters. The van der Waals surface area contributed by atoms with E-state index in [1.807, 2.05) is 0 Å². The smallest absolute Gasteiger partial charge is 0.337 e. The Morgan fingerprint density at radius 2 is 1.63 bits per heavy atom. The summed E-state index contributed by atoms with van der Waals surface area (Å²) in [6, 6.07) is 4.51. The summed E-state index contributed by atoms with van der Waals surface area (Å²) >= 11 is 0. The second-order valence-corrected chi connectivity index (χ2v) is 6.06. The van der Waals surface area contributed by atoms with Crippen molar-refractivity contribution in [1.29, 1.82) is 0 Å². The SMILES string of the molecule is COC(=O)c1cc(Nc2ncnc(N3CCCC3)c2N)cc(C(=O)OC)c1. The van der Waals surface area contributed by atoms with Crippen LogP contribution >= 0.6 is 0 Å². The first-order valence-electron chi connectivity index (χ1n) is 8.47. The van der Waals surface area contributed by atoms with Crippen LogP contribution in [0.4, 0.5) is 23.0 Å². The molecule has 1 aromatic carbocycles. The molecule has 0 amide bonds. The van der Waals surface area contributed by atoms with E-state index in [0.717, 1.165) is 25.9 Å². The summed E-state index contributed by atoms with van der Waals surface area (Å²) in [4.78, 5) is 34.4. The van der Waals surface area contributed by atoms with Gasteiger partial charge in [-0.05, 0) is 31.0 Å². The third kappa shape index (κ3) is 3.91. The molecule has 9 heteroatoms. The molecule has 27 heavy (non-hydrogen) atoms. The molecule has 0 saturated carbocycles. The van der Waals surface area contributed by atoms with Gasteiger partial charge in [-0.3, -0.25) is 0 Å². The van der Waals surface area contributed by atoms with E-state index in [9.17, 15) is 9.59 Å². The van der Waals surface area contributed by atoms with Crippen molar-refractivity contribution >= 4 is 34.9 Å². The second-order valence-electron chi connectivity index (χ2n) is 6.06. The Kier molecular flexibility index (Phi) is 5.39. The van der Waals surface area contributed by atoms with Crippen LogP contribution in [-0.4, -0.2) is 49.2 Å². The van der Waals surface area contributed by atoms with Gasteiger partial charge in [-0.1, -0.05) is 0 Å². The molecule has 142 valence electrons.